The van der Waals surface area contributed by atoms with Crippen LogP contribution in [0.3, 0.4) is 0 Å². The lowest BCUT2D eigenvalue weighted by molar-refractivity contribution is -0.170. The van der Waals surface area contributed by atoms with Crippen molar-refractivity contribution in [2.24, 2.45) is 0 Å². The molecule has 0 saturated carbocycles. The van der Waals surface area contributed by atoms with Crippen LogP contribution in [-0.2, 0) is 11.2 Å². The van der Waals surface area contributed by atoms with E-state index in [0.717, 1.165) is 0 Å². The number of hydrogen-bond donors (Lipinski definition) is 1. The molecule has 3 rings (SSSR count). The van der Waals surface area contributed by atoms with E-state index >= 15 is 0 Å². The summed E-state index contributed by atoms with van der Waals surface area (Å²) in [6.45, 7) is 0.814. The summed E-state index contributed by atoms with van der Waals surface area (Å²) in [5.41, 5.74) is 0.929. The average Bonchev–Trinajstić information content (AvgIpc) is 2.75. The first-order valence-electron chi connectivity index (χ1n) is 5.82. The smallest absolute Gasteiger partial charge is 0.450 e. The molecule has 0 bridgehead atoms. The van der Waals surface area contributed by atoms with Crippen LogP contribution in [-0.4, -0.2) is 35.1 Å². The van der Waals surface area contributed by atoms with Gasteiger partial charge in [0.15, 0.2) is 11.5 Å². The van der Waals surface area contributed by atoms with Gasteiger partial charge in [-0.1, -0.05) is 0 Å². The van der Waals surface area contributed by atoms with Gasteiger partial charge in [0.05, 0.1) is 17.5 Å². The minimum Gasteiger partial charge on any atom is -0.486 e. The third-order valence-electron chi connectivity index (χ3n) is 2.84. The third kappa shape index (κ3) is 2.28. The number of aromatic nitrogens is 2. The highest BCUT2D eigenvalue weighted by molar-refractivity contribution is 5.87. The highest BCUT2D eigenvalue weighted by Gasteiger charge is 2.38. The number of carbonyl (C=O) groups is 1. The van der Waals surface area contributed by atoms with Gasteiger partial charge in [-0.05, 0) is 0 Å². The summed E-state index contributed by atoms with van der Waals surface area (Å²) in [6.07, 6.45) is -5.67. The Labute approximate surface area is 110 Å². The van der Waals surface area contributed by atoms with Crippen LogP contribution in [0.25, 0.3) is 11.0 Å². The number of halogens is 3. The minimum atomic E-state index is -4.86. The Morgan fingerprint density at radius 2 is 1.90 bits per heavy atom. The molecule has 8 heteroatoms. The molecule has 0 spiro atoms. The maximum absolute atomic E-state index is 12.2. The van der Waals surface area contributed by atoms with Gasteiger partial charge in [-0.2, -0.15) is 13.2 Å². The fourth-order valence-electron chi connectivity index (χ4n) is 1.94. The molecule has 1 aromatic carbocycles. The van der Waals surface area contributed by atoms with Gasteiger partial charge in [0.25, 0.3) is 0 Å². The number of ether oxygens (including phenoxy) is 2. The Kier molecular flexibility index (Phi) is 2.81. The Hall–Kier alpha value is -2.25. The number of fused-ring (bicyclic) bond motifs is 2. The summed E-state index contributed by atoms with van der Waals surface area (Å²) in [6, 6.07) is 3.17. The number of hydrogen-bond acceptors (Lipinski definition) is 4. The lowest BCUT2D eigenvalue weighted by atomic mass is 10.2. The highest BCUT2D eigenvalue weighted by atomic mass is 19.4. The Bertz CT molecular complexity index is 635. The SMILES string of the molecule is O=C(Cc1nc2cc3c(cc2[nH]1)OCCO3)C(F)(F)F. The molecule has 1 aromatic heterocycles. The summed E-state index contributed by atoms with van der Waals surface area (Å²) in [5.74, 6) is -0.886. The van der Waals surface area contributed by atoms with E-state index in [0.29, 0.717) is 35.7 Å². The van der Waals surface area contributed by atoms with Gasteiger partial charge in [-0.15, -0.1) is 0 Å². The van der Waals surface area contributed by atoms with Crippen molar-refractivity contribution in [3.63, 3.8) is 0 Å². The third-order valence-corrected chi connectivity index (χ3v) is 2.84. The summed E-state index contributed by atoms with van der Waals surface area (Å²) < 4.78 is 47.3. The second-order valence-corrected chi connectivity index (χ2v) is 4.29. The monoisotopic (exact) mass is 286 g/mol. The van der Waals surface area contributed by atoms with Crippen molar-refractivity contribution in [2.75, 3.05) is 13.2 Å². The number of nitrogens with zero attached hydrogens (tertiary/aromatic N) is 1. The topological polar surface area (TPSA) is 64.2 Å². The number of benzene rings is 1. The van der Waals surface area contributed by atoms with E-state index in [9.17, 15) is 18.0 Å². The Morgan fingerprint density at radius 3 is 2.55 bits per heavy atom. The van der Waals surface area contributed by atoms with Crippen molar-refractivity contribution in [1.82, 2.24) is 9.97 Å². The first-order valence-corrected chi connectivity index (χ1v) is 5.82. The molecule has 1 N–H and O–H groups in total. The predicted octanol–water partition coefficient (Wildman–Crippen LogP) is 2.01. The molecular weight excluding hydrogens is 277 g/mol. The van der Waals surface area contributed by atoms with Gasteiger partial charge in [0, 0.05) is 12.1 Å². The van der Waals surface area contributed by atoms with Gasteiger partial charge in [-0.3, -0.25) is 4.79 Å². The first-order chi connectivity index (χ1) is 9.43. The molecule has 106 valence electrons. The Morgan fingerprint density at radius 1 is 1.25 bits per heavy atom. The van der Waals surface area contributed by atoms with Crippen molar-refractivity contribution in [3.8, 4) is 11.5 Å². The van der Waals surface area contributed by atoms with E-state index in [1.165, 1.54) is 0 Å². The van der Waals surface area contributed by atoms with Crippen LogP contribution in [0.5, 0.6) is 11.5 Å². The summed E-state index contributed by atoms with van der Waals surface area (Å²) in [4.78, 5) is 17.6. The van der Waals surface area contributed by atoms with Crippen molar-refractivity contribution in [3.05, 3.63) is 18.0 Å². The van der Waals surface area contributed by atoms with E-state index in [4.69, 9.17) is 9.47 Å². The lowest BCUT2D eigenvalue weighted by Crippen LogP contribution is -2.24. The van der Waals surface area contributed by atoms with E-state index in [1.54, 1.807) is 12.1 Å². The second-order valence-electron chi connectivity index (χ2n) is 4.29. The number of Topliss-reactive ketones (excluding diaryl/α,β-unsaturated/α-hetero) is 1. The number of alkyl halides is 3. The zero-order chi connectivity index (χ0) is 14.3. The molecule has 0 amide bonds. The second kappa shape index (κ2) is 4.39. The van der Waals surface area contributed by atoms with E-state index in [1.807, 2.05) is 0 Å². The van der Waals surface area contributed by atoms with Crippen molar-refractivity contribution in [1.29, 1.82) is 0 Å². The number of rotatable bonds is 2. The number of ketones is 1. The zero-order valence-corrected chi connectivity index (χ0v) is 10.1. The van der Waals surface area contributed by atoms with Gasteiger partial charge < -0.3 is 14.5 Å². The van der Waals surface area contributed by atoms with Crippen LogP contribution in [0.15, 0.2) is 12.1 Å². The summed E-state index contributed by atoms with van der Waals surface area (Å²) in [7, 11) is 0. The van der Waals surface area contributed by atoms with Crippen LogP contribution in [0.4, 0.5) is 13.2 Å². The quantitative estimate of drug-likeness (QED) is 0.917. The number of imidazole rings is 1. The molecule has 0 fully saturated rings. The largest absolute Gasteiger partial charge is 0.486 e. The molecule has 0 radical (unpaired) electrons. The van der Waals surface area contributed by atoms with Crippen LogP contribution in [0.1, 0.15) is 5.82 Å². The van der Waals surface area contributed by atoms with Gasteiger partial charge in [0.2, 0.25) is 5.78 Å². The number of carbonyl (C=O) groups excluding carboxylic acids is 1. The first kappa shape index (κ1) is 12.8. The number of nitrogens with one attached hydrogen (secondary N) is 1. The van der Waals surface area contributed by atoms with Crippen LogP contribution in [0.2, 0.25) is 0 Å². The van der Waals surface area contributed by atoms with Crippen LogP contribution < -0.4 is 9.47 Å². The maximum atomic E-state index is 12.2. The predicted molar refractivity (Wildman–Crippen MR) is 61.8 cm³/mol. The fraction of sp³-hybridized carbons (Fsp3) is 0.333. The number of aromatic amines is 1. The molecule has 5 nitrogen and oxygen atoms in total. The molecule has 0 aliphatic carbocycles. The molecule has 20 heavy (non-hydrogen) atoms. The fourth-order valence-corrected chi connectivity index (χ4v) is 1.94. The average molecular weight is 286 g/mol. The molecule has 0 atom stereocenters. The van der Waals surface area contributed by atoms with Gasteiger partial charge in [-0.25, -0.2) is 4.98 Å². The van der Waals surface area contributed by atoms with E-state index in [2.05, 4.69) is 9.97 Å². The molecule has 1 aliphatic rings. The van der Waals surface area contributed by atoms with E-state index < -0.39 is 18.4 Å². The lowest BCUT2D eigenvalue weighted by Gasteiger charge is -2.17. The summed E-state index contributed by atoms with van der Waals surface area (Å²) >= 11 is 0. The van der Waals surface area contributed by atoms with Gasteiger partial charge in [0.1, 0.15) is 19.0 Å². The molecule has 1 aliphatic heterocycles. The molecular formula is C12H9F3N2O3. The van der Waals surface area contributed by atoms with Crippen molar-refractivity contribution in [2.45, 2.75) is 12.6 Å². The number of H-pyrrole nitrogens is 1. The highest BCUT2D eigenvalue weighted by Crippen LogP contribution is 2.33. The normalized spacial score (nSPS) is 14.6. The van der Waals surface area contributed by atoms with Gasteiger partial charge >= 0.3 is 6.18 Å². The Balaban J connectivity index is 1.93. The molecule has 0 unspecified atom stereocenters. The standard InChI is InChI=1S/C12H9F3N2O3/c13-12(14,15)10(18)5-11-16-6-3-8-9(4-7(6)17-11)20-2-1-19-8/h3-4H,1-2,5H2,(H,16,17). The van der Waals surface area contributed by atoms with Crippen molar-refractivity contribution < 1.29 is 27.4 Å². The maximum Gasteiger partial charge on any atom is 0.450 e. The van der Waals surface area contributed by atoms with E-state index in [-0.39, 0.29) is 5.82 Å². The molecule has 2 aromatic rings. The minimum absolute atomic E-state index is 0.0373. The molecule has 2 heterocycles. The van der Waals surface area contributed by atoms with Crippen molar-refractivity contribution >= 4 is 16.8 Å². The van der Waals surface area contributed by atoms with Crippen LogP contribution in [0, 0.1) is 0 Å². The van der Waals surface area contributed by atoms with Crippen LogP contribution >= 0.6 is 0 Å². The zero-order valence-electron chi connectivity index (χ0n) is 10.1. The summed E-state index contributed by atoms with van der Waals surface area (Å²) in [5, 5.41) is 0. The molecule has 0 saturated heterocycles.